The summed E-state index contributed by atoms with van der Waals surface area (Å²) in [4.78, 5) is 2.04. The van der Waals surface area contributed by atoms with E-state index in [-0.39, 0.29) is 9.23 Å². The van der Waals surface area contributed by atoms with Crippen molar-refractivity contribution in [1.29, 1.82) is 5.26 Å². The molecule has 9 heteroatoms. The third-order valence-corrected chi connectivity index (χ3v) is 7.20. The van der Waals surface area contributed by atoms with Gasteiger partial charge in [0.1, 0.15) is 14.8 Å². The summed E-state index contributed by atoms with van der Waals surface area (Å²) in [6.45, 7) is 5.33. The van der Waals surface area contributed by atoms with Crippen molar-refractivity contribution < 1.29 is 8.42 Å². The Kier molecular flexibility index (Phi) is 4.88. The molecule has 1 saturated heterocycles. The van der Waals surface area contributed by atoms with E-state index in [0.717, 1.165) is 11.3 Å². The van der Waals surface area contributed by atoms with Crippen LogP contribution in [0.4, 0.5) is 0 Å². The van der Waals surface area contributed by atoms with Crippen molar-refractivity contribution >= 4 is 44.6 Å². The lowest BCUT2D eigenvalue weighted by molar-refractivity contribution is 0.115. The van der Waals surface area contributed by atoms with Gasteiger partial charge in [-0.15, -0.1) is 11.3 Å². The molecule has 5 nitrogen and oxygen atoms in total. The summed E-state index contributed by atoms with van der Waals surface area (Å²) in [6.07, 6.45) is 0. The second-order valence-electron chi connectivity index (χ2n) is 5.25. The van der Waals surface area contributed by atoms with Crippen LogP contribution in [0.15, 0.2) is 11.0 Å². The Labute approximate surface area is 138 Å². The molecule has 116 valence electrons. The Morgan fingerprint density at radius 2 is 1.86 bits per heavy atom. The molecule has 1 aromatic rings. The molecule has 0 aliphatic carbocycles. The van der Waals surface area contributed by atoms with Crippen LogP contribution in [0.3, 0.4) is 0 Å². The summed E-state index contributed by atoms with van der Waals surface area (Å²) in [6, 6.07) is 3.61. The lowest BCUT2D eigenvalue weighted by atomic mass is 10.0. The first-order valence-electron chi connectivity index (χ1n) is 6.30. The Bertz CT molecular complexity index is 671. The highest BCUT2D eigenvalue weighted by atomic mass is 35.5. The van der Waals surface area contributed by atoms with Gasteiger partial charge in [0.2, 0.25) is 10.0 Å². The number of piperazine rings is 1. The van der Waals surface area contributed by atoms with Gasteiger partial charge in [-0.05, 0) is 19.9 Å². The molecule has 0 unspecified atom stereocenters. The van der Waals surface area contributed by atoms with Crippen molar-refractivity contribution in [3.63, 3.8) is 0 Å². The third kappa shape index (κ3) is 3.36. The van der Waals surface area contributed by atoms with E-state index in [9.17, 15) is 8.42 Å². The zero-order valence-corrected chi connectivity index (χ0v) is 14.8. The van der Waals surface area contributed by atoms with E-state index in [4.69, 9.17) is 28.5 Å². The van der Waals surface area contributed by atoms with Gasteiger partial charge in [0.15, 0.2) is 0 Å². The van der Waals surface area contributed by atoms with Crippen molar-refractivity contribution in [2.24, 2.45) is 0 Å². The van der Waals surface area contributed by atoms with E-state index in [0.29, 0.717) is 30.5 Å². The van der Waals surface area contributed by atoms with E-state index in [2.05, 4.69) is 6.07 Å². The molecule has 0 bridgehead atoms. The normalized spacial score (nSPS) is 18.6. The fourth-order valence-electron chi connectivity index (χ4n) is 2.20. The van der Waals surface area contributed by atoms with Gasteiger partial charge in [0.05, 0.1) is 10.4 Å². The summed E-state index contributed by atoms with van der Waals surface area (Å²) in [5.41, 5.74) is -0.598. The van der Waals surface area contributed by atoms with Crippen LogP contribution in [0.2, 0.25) is 8.67 Å². The van der Waals surface area contributed by atoms with Crippen molar-refractivity contribution in [3.8, 4) is 6.07 Å². The van der Waals surface area contributed by atoms with E-state index in [1.54, 1.807) is 0 Å². The highest BCUT2D eigenvalue weighted by Gasteiger charge is 2.35. The monoisotopic (exact) mass is 367 g/mol. The van der Waals surface area contributed by atoms with Gasteiger partial charge in [0, 0.05) is 26.2 Å². The molecule has 0 radical (unpaired) electrons. The van der Waals surface area contributed by atoms with Crippen LogP contribution < -0.4 is 0 Å². The van der Waals surface area contributed by atoms with Crippen molar-refractivity contribution in [1.82, 2.24) is 9.21 Å². The topological polar surface area (TPSA) is 64.4 Å². The minimum atomic E-state index is -3.63. The van der Waals surface area contributed by atoms with Gasteiger partial charge in [-0.3, -0.25) is 4.90 Å². The summed E-state index contributed by atoms with van der Waals surface area (Å²) in [5.74, 6) is 0. The lowest BCUT2D eigenvalue weighted by Crippen LogP contribution is -2.55. The molecule has 0 amide bonds. The van der Waals surface area contributed by atoms with Crippen LogP contribution in [0, 0.1) is 11.3 Å². The highest BCUT2D eigenvalue weighted by Crippen LogP contribution is 2.36. The second kappa shape index (κ2) is 6.03. The first-order valence-corrected chi connectivity index (χ1v) is 9.31. The Morgan fingerprint density at radius 1 is 1.29 bits per heavy atom. The Morgan fingerprint density at radius 3 is 2.29 bits per heavy atom. The van der Waals surface area contributed by atoms with Gasteiger partial charge in [-0.2, -0.15) is 9.57 Å². The van der Waals surface area contributed by atoms with Gasteiger partial charge in [-0.1, -0.05) is 23.2 Å². The van der Waals surface area contributed by atoms with Crippen LogP contribution in [0.1, 0.15) is 13.8 Å². The Balaban J connectivity index is 2.16. The number of thiophene rings is 1. The molecule has 0 saturated carbocycles. The second-order valence-corrected chi connectivity index (χ2v) is 9.44. The SMILES string of the molecule is CC(C)(C#N)N1CCN(S(=O)(=O)c2cc(Cl)sc2Cl)CC1. The van der Waals surface area contributed by atoms with Crippen LogP contribution in [-0.2, 0) is 10.0 Å². The first-order chi connectivity index (χ1) is 9.68. The predicted octanol–water partition coefficient (Wildman–Crippen LogP) is 2.66. The maximum absolute atomic E-state index is 12.6. The number of nitriles is 1. The smallest absolute Gasteiger partial charge is 0.245 e. The van der Waals surface area contributed by atoms with Crippen molar-refractivity contribution in [2.75, 3.05) is 26.2 Å². The van der Waals surface area contributed by atoms with E-state index in [1.165, 1.54) is 10.4 Å². The average molecular weight is 368 g/mol. The highest BCUT2D eigenvalue weighted by molar-refractivity contribution is 7.89. The molecule has 1 aromatic heterocycles. The lowest BCUT2D eigenvalue weighted by Gasteiger charge is -2.39. The molecule has 0 atom stereocenters. The van der Waals surface area contributed by atoms with E-state index >= 15 is 0 Å². The first kappa shape index (κ1) is 17.0. The van der Waals surface area contributed by atoms with Gasteiger partial charge < -0.3 is 0 Å². The number of rotatable bonds is 3. The average Bonchev–Trinajstić information content (AvgIpc) is 2.78. The molecule has 0 spiro atoms. The summed E-state index contributed by atoms with van der Waals surface area (Å²) in [5, 5.41) is 9.13. The fourth-order valence-corrected chi connectivity index (χ4v) is 5.73. The van der Waals surface area contributed by atoms with Crippen LogP contribution in [0.5, 0.6) is 0 Å². The maximum atomic E-state index is 12.6. The predicted molar refractivity (Wildman–Crippen MR) is 84.4 cm³/mol. The summed E-state index contributed by atoms with van der Waals surface area (Å²) < 4.78 is 27.0. The zero-order valence-electron chi connectivity index (χ0n) is 11.6. The van der Waals surface area contributed by atoms with Crippen LogP contribution in [-0.4, -0.2) is 49.3 Å². The molecular formula is C12H15Cl2N3O2S2. The van der Waals surface area contributed by atoms with E-state index in [1.807, 2.05) is 18.7 Å². The van der Waals surface area contributed by atoms with Crippen molar-refractivity contribution in [2.45, 2.75) is 24.3 Å². The molecule has 0 aromatic carbocycles. The molecule has 1 fully saturated rings. The number of sulfonamides is 1. The van der Waals surface area contributed by atoms with Gasteiger partial charge >= 0.3 is 0 Å². The number of halogens is 2. The molecule has 1 aliphatic rings. The quantitative estimate of drug-likeness (QED) is 0.823. The fraction of sp³-hybridized carbons (Fsp3) is 0.583. The van der Waals surface area contributed by atoms with E-state index < -0.39 is 15.6 Å². The zero-order chi connectivity index (χ0) is 15.8. The van der Waals surface area contributed by atoms with Gasteiger partial charge in [-0.25, -0.2) is 8.42 Å². The number of nitrogens with zero attached hydrogens (tertiary/aromatic N) is 3. The summed E-state index contributed by atoms with van der Waals surface area (Å²) in [7, 11) is -3.63. The minimum absolute atomic E-state index is 0.0622. The maximum Gasteiger partial charge on any atom is 0.245 e. The summed E-state index contributed by atoms with van der Waals surface area (Å²) >= 11 is 12.8. The van der Waals surface area contributed by atoms with Crippen LogP contribution in [0.25, 0.3) is 0 Å². The third-order valence-electron chi connectivity index (χ3n) is 3.55. The van der Waals surface area contributed by atoms with Gasteiger partial charge in [0.25, 0.3) is 0 Å². The molecule has 1 aliphatic heterocycles. The molecule has 0 N–H and O–H groups in total. The minimum Gasteiger partial charge on any atom is -0.283 e. The standard InChI is InChI=1S/C12H15Cl2N3O2S2/c1-12(2,8-15)16-3-5-17(6-4-16)21(18,19)9-7-10(13)20-11(9)14/h7H,3-6H2,1-2H3. The number of hydrogen-bond donors (Lipinski definition) is 0. The Hall–Kier alpha value is -0.360. The largest absolute Gasteiger partial charge is 0.283 e. The van der Waals surface area contributed by atoms with Crippen molar-refractivity contribution in [3.05, 3.63) is 14.7 Å². The molecule has 2 rings (SSSR count). The number of hydrogen-bond acceptors (Lipinski definition) is 5. The molecule has 2 heterocycles. The molecule has 21 heavy (non-hydrogen) atoms. The molecular weight excluding hydrogens is 353 g/mol. The van der Waals surface area contributed by atoms with Crippen LogP contribution >= 0.6 is 34.5 Å².